The van der Waals surface area contributed by atoms with E-state index in [9.17, 15) is 5.11 Å². The van der Waals surface area contributed by atoms with Crippen LogP contribution in [0.2, 0.25) is 5.02 Å². The van der Waals surface area contributed by atoms with Crippen molar-refractivity contribution < 1.29 is 9.84 Å². The Kier molecular flexibility index (Phi) is 4.46. The van der Waals surface area contributed by atoms with Gasteiger partial charge in [-0.15, -0.1) is 0 Å². The van der Waals surface area contributed by atoms with Crippen LogP contribution in [0.4, 0.5) is 0 Å². The number of aryl methyl sites for hydroxylation is 1. The lowest BCUT2D eigenvalue weighted by atomic mass is 10.1. The van der Waals surface area contributed by atoms with E-state index < -0.39 is 6.10 Å². The summed E-state index contributed by atoms with van der Waals surface area (Å²) in [7, 11) is 0. The second kappa shape index (κ2) is 6.09. The highest BCUT2D eigenvalue weighted by Gasteiger charge is 2.10. The highest BCUT2D eigenvalue weighted by atomic mass is 35.5. The average molecular weight is 277 g/mol. The zero-order valence-corrected chi connectivity index (χ0v) is 11.8. The first-order chi connectivity index (χ1) is 9.06. The smallest absolute Gasteiger partial charge is 0.125 e. The Morgan fingerprint density at radius 1 is 1.21 bits per heavy atom. The van der Waals surface area contributed by atoms with Crippen molar-refractivity contribution in [3.05, 3.63) is 64.2 Å². The summed E-state index contributed by atoms with van der Waals surface area (Å²) in [6, 6.07) is 13.4. The molecule has 1 atom stereocenters. The van der Waals surface area contributed by atoms with Crippen molar-refractivity contribution in [2.75, 3.05) is 0 Å². The van der Waals surface area contributed by atoms with Gasteiger partial charge in [0.05, 0.1) is 6.10 Å². The normalized spacial score (nSPS) is 12.2. The van der Waals surface area contributed by atoms with Gasteiger partial charge in [-0.05, 0) is 37.6 Å². The summed E-state index contributed by atoms with van der Waals surface area (Å²) >= 11 is 5.93. The van der Waals surface area contributed by atoms with Gasteiger partial charge < -0.3 is 9.84 Å². The fourth-order valence-corrected chi connectivity index (χ4v) is 2.12. The topological polar surface area (TPSA) is 29.5 Å². The van der Waals surface area contributed by atoms with Gasteiger partial charge in [-0.25, -0.2) is 0 Å². The van der Waals surface area contributed by atoms with E-state index >= 15 is 0 Å². The van der Waals surface area contributed by atoms with E-state index in [1.54, 1.807) is 25.1 Å². The molecule has 0 saturated heterocycles. The largest absolute Gasteiger partial charge is 0.489 e. The van der Waals surface area contributed by atoms with E-state index in [-0.39, 0.29) is 0 Å². The molecule has 2 nitrogen and oxygen atoms in total. The number of aliphatic hydroxyl groups excluding tert-OH is 1. The molecule has 0 aliphatic carbocycles. The molecule has 3 heteroatoms. The first kappa shape index (κ1) is 13.9. The number of benzene rings is 2. The van der Waals surface area contributed by atoms with E-state index in [2.05, 4.69) is 6.07 Å². The van der Waals surface area contributed by atoms with Crippen molar-refractivity contribution in [2.45, 2.75) is 26.6 Å². The Bertz CT molecular complexity index is 564. The van der Waals surface area contributed by atoms with Crippen LogP contribution >= 0.6 is 11.6 Å². The minimum absolute atomic E-state index is 0.475. The molecule has 100 valence electrons. The van der Waals surface area contributed by atoms with Gasteiger partial charge >= 0.3 is 0 Å². The Labute approximate surface area is 118 Å². The fraction of sp³-hybridized carbons (Fsp3) is 0.250. The number of hydrogen-bond acceptors (Lipinski definition) is 2. The molecule has 0 radical (unpaired) electrons. The van der Waals surface area contributed by atoms with Gasteiger partial charge in [0.15, 0.2) is 0 Å². The van der Waals surface area contributed by atoms with Crippen molar-refractivity contribution in [3.63, 3.8) is 0 Å². The molecule has 1 N–H and O–H groups in total. The molecule has 0 aromatic heterocycles. The third kappa shape index (κ3) is 3.72. The highest BCUT2D eigenvalue weighted by molar-refractivity contribution is 6.30. The van der Waals surface area contributed by atoms with E-state index in [1.165, 1.54) is 5.56 Å². The molecule has 0 bridgehead atoms. The minimum atomic E-state index is -0.605. The Morgan fingerprint density at radius 2 is 2.00 bits per heavy atom. The number of hydrogen-bond donors (Lipinski definition) is 1. The lowest BCUT2D eigenvalue weighted by molar-refractivity contribution is 0.190. The van der Waals surface area contributed by atoms with Crippen LogP contribution in [0.25, 0.3) is 0 Å². The van der Waals surface area contributed by atoms with Gasteiger partial charge in [-0.1, -0.05) is 41.4 Å². The third-order valence-electron chi connectivity index (χ3n) is 2.90. The average Bonchev–Trinajstić information content (AvgIpc) is 2.37. The van der Waals surface area contributed by atoms with Crippen LogP contribution < -0.4 is 4.74 Å². The van der Waals surface area contributed by atoms with Crippen molar-refractivity contribution in [2.24, 2.45) is 0 Å². The lowest BCUT2D eigenvalue weighted by Gasteiger charge is -2.14. The maximum atomic E-state index is 9.73. The first-order valence-electron chi connectivity index (χ1n) is 6.22. The molecular weight excluding hydrogens is 260 g/mol. The fourth-order valence-electron chi connectivity index (χ4n) is 1.94. The molecule has 0 saturated carbocycles. The third-order valence-corrected chi connectivity index (χ3v) is 3.13. The summed E-state index contributed by atoms with van der Waals surface area (Å²) in [5.41, 5.74) is 3.01. The van der Waals surface area contributed by atoms with E-state index in [1.807, 2.05) is 25.1 Å². The van der Waals surface area contributed by atoms with Crippen LogP contribution in [0.5, 0.6) is 5.75 Å². The van der Waals surface area contributed by atoms with Crippen molar-refractivity contribution in [1.29, 1.82) is 0 Å². The van der Waals surface area contributed by atoms with Gasteiger partial charge in [-0.2, -0.15) is 0 Å². The van der Waals surface area contributed by atoms with Crippen LogP contribution in [0.3, 0.4) is 0 Å². The van der Waals surface area contributed by atoms with Gasteiger partial charge in [0, 0.05) is 10.6 Å². The second-order valence-electron chi connectivity index (χ2n) is 4.64. The van der Waals surface area contributed by atoms with Crippen LogP contribution in [-0.4, -0.2) is 5.11 Å². The van der Waals surface area contributed by atoms with E-state index in [0.717, 1.165) is 5.56 Å². The maximum Gasteiger partial charge on any atom is 0.125 e. The molecule has 2 aromatic carbocycles. The van der Waals surface area contributed by atoms with Crippen LogP contribution in [-0.2, 0) is 6.61 Å². The van der Waals surface area contributed by atoms with Gasteiger partial charge in [0.1, 0.15) is 12.4 Å². The van der Waals surface area contributed by atoms with Gasteiger partial charge in [0.25, 0.3) is 0 Å². The Morgan fingerprint density at radius 3 is 2.68 bits per heavy atom. The Balaban J connectivity index is 2.15. The SMILES string of the molecule is Cc1cccc(COc2ccc(Cl)cc2[C@@H](C)O)c1. The molecule has 19 heavy (non-hydrogen) atoms. The molecule has 0 heterocycles. The molecule has 0 aliphatic rings. The molecule has 2 rings (SSSR count). The van der Waals surface area contributed by atoms with E-state index in [4.69, 9.17) is 16.3 Å². The zero-order valence-electron chi connectivity index (χ0n) is 11.1. The van der Waals surface area contributed by atoms with Crippen molar-refractivity contribution in [3.8, 4) is 5.75 Å². The van der Waals surface area contributed by atoms with Crippen LogP contribution in [0.1, 0.15) is 29.7 Å². The number of ether oxygens (including phenoxy) is 1. The highest BCUT2D eigenvalue weighted by Crippen LogP contribution is 2.28. The summed E-state index contributed by atoms with van der Waals surface area (Å²) in [5.74, 6) is 0.668. The molecule has 0 aliphatic heterocycles. The monoisotopic (exact) mass is 276 g/mol. The molecular formula is C16H17ClO2. The van der Waals surface area contributed by atoms with Gasteiger partial charge in [0.2, 0.25) is 0 Å². The summed E-state index contributed by atoms with van der Waals surface area (Å²) in [4.78, 5) is 0. The maximum absolute atomic E-state index is 9.73. The van der Waals surface area contributed by atoms with Gasteiger partial charge in [-0.3, -0.25) is 0 Å². The van der Waals surface area contributed by atoms with Crippen LogP contribution in [0, 0.1) is 6.92 Å². The summed E-state index contributed by atoms with van der Waals surface area (Å²) in [5, 5.41) is 10.3. The van der Waals surface area contributed by atoms with E-state index in [0.29, 0.717) is 22.9 Å². The molecule has 0 spiro atoms. The lowest BCUT2D eigenvalue weighted by Crippen LogP contribution is -2.01. The predicted octanol–water partition coefficient (Wildman–Crippen LogP) is 4.28. The standard InChI is InChI=1S/C16H17ClO2/c1-11-4-3-5-13(8-11)10-19-16-7-6-14(17)9-15(16)12(2)18/h3-9,12,18H,10H2,1-2H3/t12-/m1/s1. The molecule has 2 aromatic rings. The quantitative estimate of drug-likeness (QED) is 0.903. The molecule has 0 fully saturated rings. The number of aliphatic hydroxyl groups is 1. The molecule has 0 amide bonds. The molecule has 0 unspecified atom stereocenters. The number of rotatable bonds is 4. The Hall–Kier alpha value is -1.51. The first-order valence-corrected chi connectivity index (χ1v) is 6.60. The summed E-state index contributed by atoms with van der Waals surface area (Å²) in [6.45, 7) is 4.22. The number of halogens is 1. The van der Waals surface area contributed by atoms with Crippen LogP contribution in [0.15, 0.2) is 42.5 Å². The second-order valence-corrected chi connectivity index (χ2v) is 5.07. The minimum Gasteiger partial charge on any atom is -0.489 e. The zero-order chi connectivity index (χ0) is 13.8. The van der Waals surface area contributed by atoms with Crippen molar-refractivity contribution >= 4 is 11.6 Å². The summed E-state index contributed by atoms with van der Waals surface area (Å²) < 4.78 is 5.78. The van der Waals surface area contributed by atoms with Crippen molar-refractivity contribution in [1.82, 2.24) is 0 Å². The predicted molar refractivity (Wildman–Crippen MR) is 77.6 cm³/mol. The summed E-state index contributed by atoms with van der Waals surface area (Å²) in [6.07, 6.45) is -0.605.